The lowest BCUT2D eigenvalue weighted by Crippen LogP contribution is -2.40. The molecule has 0 aliphatic carbocycles. The Morgan fingerprint density at radius 1 is 1.29 bits per heavy atom. The lowest BCUT2D eigenvalue weighted by Gasteiger charge is -2.32. The minimum Gasteiger partial charge on any atom is -0.390 e. The van der Waals surface area contributed by atoms with Crippen LogP contribution in [0.25, 0.3) is 0 Å². The van der Waals surface area contributed by atoms with Crippen LogP contribution in [0.15, 0.2) is 24.3 Å². The first-order valence-corrected chi connectivity index (χ1v) is 9.09. The molecular formula is C20H32N2O2. The van der Waals surface area contributed by atoms with E-state index >= 15 is 0 Å². The largest absolute Gasteiger partial charge is 0.390 e. The molecule has 1 aliphatic rings. The highest BCUT2D eigenvalue weighted by Crippen LogP contribution is 2.19. The van der Waals surface area contributed by atoms with Crippen LogP contribution in [0.3, 0.4) is 0 Å². The fraction of sp³-hybridized carbons (Fsp3) is 0.650. The van der Waals surface area contributed by atoms with Crippen molar-refractivity contribution in [2.75, 3.05) is 19.6 Å². The number of aliphatic hydroxyl groups is 1. The fourth-order valence-corrected chi connectivity index (χ4v) is 3.27. The molecule has 4 heteroatoms. The fourth-order valence-electron chi connectivity index (χ4n) is 3.27. The number of nitrogens with zero attached hydrogens (tertiary/aromatic N) is 1. The number of nitrogens with one attached hydrogen (secondary N) is 1. The molecule has 0 radical (unpaired) electrons. The van der Waals surface area contributed by atoms with Gasteiger partial charge in [0.1, 0.15) is 0 Å². The van der Waals surface area contributed by atoms with Crippen molar-refractivity contribution in [2.24, 2.45) is 5.92 Å². The van der Waals surface area contributed by atoms with E-state index in [4.69, 9.17) is 0 Å². The molecule has 1 fully saturated rings. The smallest absolute Gasteiger partial charge is 0.216 e. The molecular weight excluding hydrogens is 300 g/mol. The molecule has 1 aliphatic heterocycles. The second-order valence-electron chi connectivity index (χ2n) is 7.81. The zero-order chi connectivity index (χ0) is 17.6. The number of hydrogen-bond acceptors (Lipinski definition) is 3. The zero-order valence-corrected chi connectivity index (χ0v) is 15.3. The third-order valence-electron chi connectivity index (χ3n) is 4.70. The van der Waals surface area contributed by atoms with Crippen LogP contribution in [-0.2, 0) is 17.8 Å². The van der Waals surface area contributed by atoms with Crippen LogP contribution >= 0.6 is 0 Å². The third kappa shape index (κ3) is 7.02. The van der Waals surface area contributed by atoms with Gasteiger partial charge in [-0.05, 0) is 63.1 Å². The molecule has 1 atom stereocenters. The monoisotopic (exact) mass is 332 g/mol. The molecule has 24 heavy (non-hydrogen) atoms. The summed E-state index contributed by atoms with van der Waals surface area (Å²) < 4.78 is 0. The summed E-state index contributed by atoms with van der Waals surface area (Å²) in [6, 6.07) is 8.77. The highest BCUT2D eigenvalue weighted by atomic mass is 16.3. The maximum Gasteiger partial charge on any atom is 0.216 e. The Morgan fingerprint density at radius 2 is 1.96 bits per heavy atom. The van der Waals surface area contributed by atoms with Gasteiger partial charge in [-0.25, -0.2) is 0 Å². The van der Waals surface area contributed by atoms with Gasteiger partial charge in [0.25, 0.3) is 0 Å². The highest BCUT2D eigenvalue weighted by Gasteiger charge is 2.20. The van der Waals surface area contributed by atoms with Crippen molar-refractivity contribution in [3.05, 3.63) is 35.4 Å². The summed E-state index contributed by atoms with van der Waals surface area (Å²) in [5, 5.41) is 12.8. The van der Waals surface area contributed by atoms with E-state index in [9.17, 15) is 9.90 Å². The maximum absolute atomic E-state index is 11.1. The summed E-state index contributed by atoms with van der Waals surface area (Å²) in [7, 11) is 0. The van der Waals surface area contributed by atoms with Crippen LogP contribution in [0.2, 0.25) is 0 Å². The van der Waals surface area contributed by atoms with Crippen molar-refractivity contribution in [1.29, 1.82) is 0 Å². The van der Waals surface area contributed by atoms with Crippen molar-refractivity contribution in [2.45, 2.75) is 58.6 Å². The summed E-state index contributed by atoms with van der Waals surface area (Å²) >= 11 is 0. The van der Waals surface area contributed by atoms with Crippen LogP contribution in [0.1, 0.15) is 51.2 Å². The van der Waals surface area contributed by atoms with Gasteiger partial charge < -0.3 is 10.4 Å². The summed E-state index contributed by atoms with van der Waals surface area (Å²) in [4.78, 5) is 13.6. The van der Waals surface area contributed by atoms with E-state index in [-0.39, 0.29) is 5.91 Å². The SMILES string of the molecule is CC(=O)NC[C@@H]1CCCN(Cc2ccc(CCC(C)(C)O)cc2)C1. The molecule has 2 N–H and O–H groups in total. The molecule has 134 valence electrons. The van der Waals surface area contributed by atoms with Crippen LogP contribution in [0.4, 0.5) is 0 Å². The molecule has 0 bridgehead atoms. The van der Waals surface area contributed by atoms with Crippen molar-refractivity contribution < 1.29 is 9.90 Å². The second kappa shape index (κ2) is 8.63. The van der Waals surface area contributed by atoms with Gasteiger partial charge in [-0.15, -0.1) is 0 Å². The normalized spacial score (nSPS) is 19.2. The minimum atomic E-state index is -0.602. The van der Waals surface area contributed by atoms with Crippen LogP contribution in [-0.4, -0.2) is 41.1 Å². The molecule has 1 aromatic rings. The summed E-state index contributed by atoms with van der Waals surface area (Å²) in [5.74, 6) is 0.627. The van der Waals surface area contributed by atoms with E-state index in [1.807, 2.05) is 13.8 Å². The van der Waals surface area contributed by atoms with E-state index in [1.54, 1.807) is 6.92 Å². The number of rotatable bonds is 7. The molecule has 0 spiro atoms. The van der Waals surface area contributed by atoms with Crippen molar-refractivity contribution >= 4 is 5.91 Å². The Balaban J connectivity index is 1.81. The Labute approximate surface area is 146 Å². The lowest BCUT2D eigenvalue weighted by atomic mass is 9.96. The van der Waals surface area contributed by atoms with Gasteiger partial charge in [-0.3, -0.25) is 9.69 Å². The Morgan fingerprint density at radius 3 is 2.58 bits per heavy atom. The number of benzene rings is 1. The summed E-state index contributed by atoms with van der Waals surface area (Å²) in [6.07, 6.45) is 4.09. The predicted octanol–water partition coefficient (Wildman–Crippen LogP) is 2.74. The van der Waals surface area contributed by atoms with Gasteiger partial charge in [-0.2, -0.15) is 0 Å². The molecule has 1 heterocycles. The van der Waals surface area contributed by atoms with Gasteiger partial charge >= 0.3 is 0 Å². The van der Waals surface area contributed by atoms with Gasteiger partial charge in [0.15, 0.2) is 0 Å². The molecule has 4 nitrogen and oxygen atoms in total. The first kappa shape index (κ1) is 18.9. The Kier molecular flexibility index (Phi) is 6.81. The number of aryl methyl sites for hydroxylation is 1. The number of hydrogen-bond donors (Lipinski definition) is 2. The number of piperidine rings is 1. The minimum absolute atomic E-state index is 0.0637. The molecule has 2 rings (SSSR count). The van der Waals surface area contributed by atoms with E-state index in [2.05, 4.69) is 34.5 Å². The lowest BCUT2D eigenvalue weighted by molar-refractivity contribution is -0.119. The Bertz CT molecular complexity index is 519. The number of likely N-dealkylation sites (tertiary alicyclic amines) is 1. The maximum atomic E-state index is 11.1. The number of amides is 1. The number of carbonyl (C=O) groups excluding carboxylic acids is 1. The first-order valence-electron chi connectivity index (χ1n) is 9.09. The molecule has 1 saturated heterocycles. The van der Waals surface area contributed by atoms with Crippen molar-refractivity contribution in [3.63, 3.8) is 0 Å². The summed E-state index contributed by atoms with van der Waals surface area (Å²) in [5.41, 5.74) is 2.01. The van der Waals surface area contributed by atoms with E-state index < -0.39 is 5.60 Å². The predicted molar refractivity (Wildman–Crippen MR) is 97.7 cm³/mol. The van der Waals surface area contributed by atoms with E-state index in [0.717, 1.165) is 39.0 Å². The zero-order valence-electron chi connectivity index (χ0n) is 15.3. The Hall–Kier alpha value is -1.39. The third-order valence-corrected chi connectivity index (χ3v) is 4.70. The average molecular weight is 332 g/mol. The molecule has 1 amide bonds. The van der Waals surface area contributed by atoms with E-state index in [0.29, 0.717) is 5.92 Å². The van der Waals surface area contributed by atoms with Crippen LogP contribution in [0, 0.1) is 5.92 Å². The van der Waals surface area contributed by atoms with E-state index in [1.165, 1.54) is 24.0 Å². The standard InChI is InChI=1S/C20H32N2O2/c1-16(23)21-13-19-5-4-12-22(15-19)14-18-8-6-17(7-9-18)10-11-20(2,3)24/h6-9,19,24H,4-5,10-15H2,1-3H3,(H,21,23)/t19-/m0/s1. The van der Waals surface area contributed by atoms with Crippen LogP contribution < -0.4 is 5.32 Å². The topological polar surface area (TPSA) is 52.6 Å². The van der Waals surface area contributed by atoms with Crippen LogP contribution in [0.5, 0.6) is 0 Å². The van der Waals surface area contributed by atoms with Crippen molar-refractivity contribution in [3.8, 4) is 0 Å². The summed E-state index contributed by atoms with van der Waals surface area (Å²) in [6.45, 7) is 9.26. The van der Waals surface area contributed by atoms with Gasteiger partial charge in [0.05, 0.1) is 5.60 Å². The van der Waals surface area contributed by atoms with Gasteiger partial charge in [0.2, 0.25) is 5.91 Å². The molecule has 1 aromatic carbocycles. The van der Waals surface area contributed by atoms with Crippen molar-refractivity contribution in [1.82, 2.24) is 10.2 Å². The van der Waals surface area contributed by atoms with Gasteiger partial charge in [0, 0.05) is 26.6 Å². The molecule has 0 unspecified atom stereocenters. The molecule has 0 saturated carbocycles. The quantitative estimate of drug-likeness (QED) is 0.807. The number of carbonyl (C=O) groups is 1. The first-order chi connectivity index (χ1) is 11.3. The second-order valence-corrected chi connectivity index (χ2v) is 7.81. The molecule has 0 aromatic heterocycles. The highest BCUT2D eigenvalue weighted by molar-refractivity contribution is 5.72. The van der Waals surface area contributed by atoms with Gasteiger partial charge in [-0.1, -0.05) is 24.3 Å². The average Bonchev–Trinajstić information content (AvgIpc) is 2.52.